The number of alkyl halides is 2. The quantitative estimate of drug-likeness (QED) is 0.807. The highest BCUT2D eigenvalue weighted by Crippen LogP contribution is 2.25. The maximum Gasteiger partial charge on any atom is 0.284 e. The number of hydrogen-bond acceptors (Lipinski definition) is 5. The fraction of sp³-hybridized carbons (Fsp3) is 0.533. The van der Waals surface area contributed by atoms with Crippen molar-refractivity contribution in [3.63, 3.8) is 0 Å². The molecule has 0 radical (unpaired) electrons. The van der Waals surface area contributed by atoms with Gasteiger partial charge < -0.3 is 9.15 Å². The molecule has 0 saturated carbocycles. The summed E-state index contributed by atoms with van der Waals surface area (Å²) in [4.78, 5) is 2.24. The van der Waals surface area contributed by atoms with Gasteiger partial charge in [0, 0.05) is 31.9 Å². The SMILES string of the molecule is Cn1cc(C2CN(Cc3ccc(CSC(F)F)o3)CCO2)cn1. The van der Waals surface area contributed by atoms with Crippen LogP contribution in [0.4, 0.5) is 8.78 Å². The van der Waals surface area contributed by atoms with E-state index in [2.05, 4.69) is 10.00 Å². The number of aryl methyl sites for hydroxylation is 1. The molecule has 126 valence electrons. The summed E-state index contributed by atoms with van der Waals surface area (Å²) >= 11 is 0.574. The molecule has 3 heterocycles. The molecule has 0 aliphatic carbocycles. The molecule has 1 aliphatic rings. The maximum absolute atomic E-state index is 12.2. The number of halogens is 2. The van der Waals surface area contributed by atoms with Crippen molar-refractivity contribution in [3.05, 3.63) is 41.6 Å². The Balaban J connectivity index is 1.55. The summed E-state index contributed by atoms with van der Waals surface area (Å²) in [6.07, 6.45) is 3.78. The van der Waals surface area contributed by atoms with Crippen LogP contribution in [-0.4, -0.2) is 40.1 Å². The van der Waals surface area contributed by atoms with E-state index in [9.17, 15) is 8.78 Å². The van der Waals surface area contributed by atoms with E-state index in [1.807, 2.05) is 25.5 Å². The third kappa shape index (κ3) is 4.55. The minimum atomic E-state index is -2.37. The molecule has 2 aromatic rings. The summed E-state index contributed by atoms with van der Waals surface area (Å²) in [5.74, 6) is -0.800. The van der Waals surface area contributed by atoms with Gasteiger partial charge in [-0.15, -0.1) is 0 Å². The predicted molar refractivity (Wildman–Crippen MR) is 83.2 cm³/mol. The van der Waals surface area contributed by atoms with E-state index in [1.54, 1.807) is 10.7 Å². The maximum atomic E-state index is 12.2. The lowest BCUT2D eigenvalue weighted by atomic mass is 10.1. The van der Waals surface area contributed by atoms with Gasteiger partial charge in [-0.1, -0.05) is 11.8 Å². The predicted octanol–water partition coefficient (Wildman–Crippen LogP) is 3.04. The topological polar surface area (TPSA) is 43.4 Å². The normalized spacial score (nSPS) is 19.6. The lowest BCUT2D eigenvalue weighted by Gasteiger charge is -2.31. The zero-order valence-electron chi connectivity index (χ0n) is 12.8. The number of ether oxygens (including phenoxy) is 1. The van der Waals surface area contributed by atoms with Gasteiger partial charge in [0.25, 0.3) is 5.76 Å². The van der Waals surface area contributed by atoms with Crippen LogP contribution in [0.3, 0.4) is 0 Å². The molecule has 1 unspecified atom stereocenters. The summed E-state index contributed by atoms with van der Waals surface area (Å²) in [6, 6.07) is 3.62. The van der Waals surface area contributed by atoms with Gasteiger partial charge in [0.1, 0.15) is 11.5 Å². The van der Waals surface area contributed by atoms with Crippen molar-refractivity contribution in [2.45, 2.75) is 24.2 Å². The van der Waals surface area contributed by atoms with E-state index in [0.29, 0.717) is 30.7 Å². The van der Waals surface area contributed by atoms with Gasteiger partial charge in [0.05, 0.1) is 31.2 Å². The van der Waals surface area contributed by atoms with E-state index in [0.717, 1.165) is 24.4 Å². The number of furan rings is 1. The fourth-order valence-corrected chi connectivity index (χ4v) is 3.05. The Kier molecular flexibility index (Phi) is 5.34. The van der Waals surface area contributed by atoms with Gasteiger partial charge in [-0.2, -0.15) is 13.9 Å². The first-order chi connectivity index (χ1) is 11.1. The molecule has 2 aromatic heterocycles. The summed E-state index contributed by atoms with van der Waals surface area (Å²) < 4.78 is 37.6. The van der Waals surface area contributed by atoms with Crippen molar-refractivity contribution in [2.24, 2.45) is 7.05 Å². The molecule has 1 fully saturated rings. The Morgan fingerprint density at radius 2 is 2.22 bits per heavy atom. The first-order valence-corrected chi connectivity index (χ1v) is 8.45. The lowest BCUT2D eigenvalue weighted by molar-refractivity contribution is -0.0347. The van der Waals surface area contributed by atoms with E-state index in [1.165, 1.54) is 0 Å². The Morgan fingerprint density at radius 3 is 2.96 bits per heavy atom. The van der Waals surface area contributed by atoms with Gasteiger partial charge in [-0.05, 0) is 12.1 Å². The van der Waals surface area contributed by atoms with Crippen LogP contribution in [0.25, 0.3) is 0 Å². The molecule has 3 rings (SSSR count). The average molecular weight is 343 g/mol. The van der Waals surface area contributed by atoms with Crippen molar-refractivity contribution >= 4 is 11.8 Å². The minimum Gasteiger partial charge on any atom is -0.464 e. The molecule has 0 spiro atoms. The van der Waals surface area contributed by atoms with Crippen molar-refractivity contribution in [2.75, 3.05) is 19.7 Å². The van der Waals surface area contributed by atoms with Crippen molar-refractivity contribution < 1.29 is 17.9 Å². The van der Waals surface area contributed by atoms with Crippen molar-refractivity contribution in [1.82, 2.24) is 14.7 Å². The van der Waals surface area contributed by atoms with Gasteiger partial charge in [0.15, 0.2) is 0 Å². The van der Waals surface area contributed by atoms with Gasteiger partial charge in [-0.3, -0.25) is 9.58 Å². The Morgan fingerprint density at radius 1 is 1.39 bits per heavy atom. The first kappa shape index (κ1) is 16.5. The largest absolute Gasteiger partial charge is 0.464 e. The molecule has 1 saturated heterocycles. The Bertz CT molecular complexity index is 632. The lowest BCUT2D eigenvalue weighted by Crippen LogP contribution is -2.37. The molecule has 8 heteroatoms. The third-order valence-electron chi connectivity index (χ3n) is 3.70. The van der Waals surface area contributed by atoms with E-state index in [4.69, 9.17) is 9.15 Å². The minimum absolute atomic E-state index is 0.00118. The highest BCUT2D eigenvalue weighted by molar-refractivity contribution is 7.98. The molecular weight excluding hydrogens is 324 g/mol. The van der Waals surface area contributed by atoms with Gasteiger partial charge in [0.2, 0.25) is 0 Å². The molecule has 0 amide bonds. The van der Waals surface area contributed by atoms with Crippen LogP contribution < -0.4 is 0 Å². The monoisotopic (exact) mass is 343 g/mol. The average Bonchev–Trinajstić information content (AvgIpc) is 3.14. The van der Waals surface area contributed by atoms with Crippen LogP contribution >= 0.6 is 11.8 Å². The second kappa shape index (κ2) is 7.46. The van der Waals surface area contributed by atoms with E-state index < -0.39 is 5.76 Å². The standard InChI is InChI=1S/C15H19F2N3O2S/c1-19-7-11(6-18-19)14-9-20(4-5-21-14)8-12-2-3-13(22-12)10-23-15(16)17/h2-3,6-7,14-15H,4-5,8-10H2,1H3. The summed E-state index contributed by atoms with van der Waals surface area (Å²) in [7, 11) is 1.88. The van der Waals surface area contributed by atoms with Gasteiger partial charge in [-0.25, -0.2) is 0 Å². The molecule has 0 aromatic carbocycles. The molecule has 0 N–H and O–H groups in total. The fourth-order valence-electron chi connectivity index (χ4n) is 2.60. The van der Waals surface area contributed by atoms with Gasteiger partial charge >= 0.3 is 0 Å². The molecule has 1 atom stereocenters. The highest BCUT2D eigenvalue weighted by Gasteiger charge is 2.23. The number of nitrogens with zero attached hydrogens (tertiary/aromatic N) is 3. The van der Waals surface area contributed by atoms with Crippen LogP contribution in [0.5, 0.6) is 0 Å². The zero-order chi connectivity index (χ0) is 16.2. The van der Waals surface area contributed by atoms with E-state index >= 15 is 0 Å². The van der Waals surface area contributed by atoms with Crippen LogP contribution in [0, 0.1) is 0 Å². The Labute approximate surface area is 137 Å². The smallest absolute Gasteiger partial charge is 0.284 e. The number of rotatable bonds is 6. The van der Waals surface area contributed by atoms with Crippen LogP contribution in [0.15, 0.2) is 28.9 Å². The number of thioether (sulfide) groups is 1. The van der Waals surface area contributed by atoms with Crippen LogP contribution in [0.1, 0.15) is 23.2 Å². The highest BCUT2D eigenvalue weighted by atomic mass is 32.2. The van der Waals surface area contributed by atoms with Crippen LogP contribution in [0.2, 0.25) is 0 Å². The molecule has 5 nitrogen and oxygen atoms in total. The summed E-state index contributed by atoms with van der Waals surface area (Å²) in [6.45, 7) is 2.87. The van der Waals surface area contributed by atoms with E-state index in [-0.39, 0.29) is 11.9 Å². The Hall–Kier alpha value is -1.38. The zero-order valence-corrected chi connectivity index (χ0v) is 13.6. The third-order valence-corrected chi connectivity index (χ3v) is 4.40. The number of hydrogen-bond donors (Lipinski definition) is 0. The summed E-state index contributed by atoms with van der Waals surface area (Å²) in [5.41, 5.74) is 1.06. The number of morpholine rings is 1. The first-order valence-electron chi connectivity index (χ1n) is 7.40. The van der Waals surface area contributed by atoms with Crippen LogP contribution in [-0.2, 0) is 24.1 Å². The second-order valence-corrected chi connectivity index (χ2v) is 6.46. The molecule has 23 heavy (non-hydrogen) atoms. The molecule has 1 aliphatic heterocycles. The molecular formula is C15H19F2N3O2S. The summed E-state index contributed by atoms with van der Waals surface area (Å²) in [5, 5.41) is 4.17. The number of aromatic nitrogens is 2. The second-order valence-electron chi connectivity index (χ2n) is 5.48. The van der Waals surface area contributed by atoms with Crippen molar-refractivity contribution in [3.8, 4) is 0 Å². The molecule has 0 bridgehead atoms. The van der Waals surface area contributed by atoms with Crippen molar-refractivity contribution in [1.29, 1.82) is 0 Å².